The summed E-state index contributed by atoms with van der Waals surface area (Å²) >= 11 is 0. The number of benzene rings is 2. The number of fused-ring (bicyclic) bond motifs is 1. The molecule has 0 bridgehead atoms. The molecule has 1 unspecified atom stereocenters. The average molecular weight is 456 g/mol. The van der Waals surface area contributed by atoms with Gasteiger partial charge < -0.3 is 14.6 Å². The van der Waals surface area contributed by atoms with Crippen LogP contribution in [0.25, 0.3) is 10.9 Å². The SMILES string of the molecule is CN(C(=O)c1c(O)c2ccccc2n(C)c1=O)c1ccc(C(=O)C2CCOS2(=O)=O)cc1. The Morgan fingerprint density at radius 3 is 2.41 bits per heavy atom. The topological polar surface area (TPSA) is 123 Å². The fourth-order valence-corrected chi connectivity index (χ4v) is 5.03. The molecule has 0 saturated carbocycles. The van der Waals surface area contributed by atoms with Crippen LogP contribution in [0.2, 0.25) is 0 Å². The van der Waals surface area contributed by atoms with Crippen molar-refractivity contribution in [1.29, 1.82) is 0 Å². The second-order valence-corrected chi connectivity index (χ2v) is 9.26. The molecule has 32 heavy (non-hydrogen) atoms. The van der Waals surface area contributed by atoms with Crippen molar-refractivity contribution < 1.29 is 27.3 Å². The number of Topliss-reactive ketones (excluding diaryl/α,β-unsaturated/α-hetero) is 1. The summed E-state index contributed by atoms with van der Waals surface area (Å²) in [7, 11) is -0.972. The van der Waals surface area contributed by atoms with Crippen molar-refractivity contribution in [3.8, 4) is 5.75 Å². The molecule has 9 nitrogen and oxygen atoms in total. The summed E-state index contributed by atoms with van der Waals surface area (Å²) < 4.78 is 29.6. The van der Waals surface area contributed by atoms with Gasteiger partial charge in [0.1, 0.15) is 11.3 Å². The van der Waals surface area contributed by atoms with Crippen molar-refractivity contribution in [3.05, 3.63) is 70.0 Å². The monoisotopic (exact) mass is 456 g/mol. The van der Waals surface area contributed by atoms with Crippen LogP contribution in [-0.2, 0) is 21.3 Å². The van der Waals surface area contributed by atoms with Gasteiger partial charge >= 0.3 is 0 Å². The lowest BCUT2D eigenvalue weighted by Gasteiger charge is -2.19. The number of carbonyl (C=O) groups is 2. The lowest BCUT2D eigenvalue weighted by atomic mass is 10.1. The van der Waals surface area contributed by atoms with Crippen molar-refractivity contribution in [2.24, 2.45) is 7.05 Å². The largest absolute Gasteiger partial charge is 0.506 e. The zero-order valence-electron chi connectivity index (χ0n) is 17.3. The number of nitrogens with zero attached hydrogens (tertiary/aromatic N) is 2. The minimum absolute atomic E-state index is 0.0295. The molecule has 4 rings (SSSR count). The number of anilines is 1. The summed E-state index contributed by atoms with van der Waals surface area (Å²) in [5, 5.41) is 9.76. The van der Waals surface area contributed by atoms with Crippen LogP contribution < -0.4 is 10.5 Å². The second-order valence-electron chi connectivity index (χ2n) is 7.47. The highest BCUT2D eigenvalue weighted by atomic mass is 32.2. The summed E-state index contributed by atoms with van der Waals surface area (Å²) in [5.74, 6) is -1.71. The zero-order chi connectivity index (χ0) is 23.2. The van der Waals surface area contributed by atoms with Crippen LogP contribution in [0.3, 0.4) is 0 Å². The van der Waals surface area contributed by atoms with Crippen molar-refractivity contribution in [2.75, 3.05) is 18.6 Å². The van der Waals surface area contributed by atoms with E-state index >= 15 is 0 Å². The number of carbonyl (C=O) groups excluding carboxylic acids is 2. The van der Waals surface area contributed by atoms with E-state index in [1.165, 1.54) is 47.8 Å². The zero-order valence-corrected chi connectivity index (χ0v) is 18.1. The standard InChI is InChI=1S/C22H20N2O7S/c1-23(14-9-7-13(8-10-14)19(25)17-11-12-31-32(17,29)30)21(27)18-20(26)15-5-3-4-6-16(15)24(2)22(18)28/h3-10,17,26H,11-12H2,1-2H3. The van der Waals surface area contributed by atoms with E-state index in [-0.39, 0.29) is 24.2 Å². The normalized spacial score (nSPS) is 17.4. The van der Waals surface area contributed by atoms with Crippen LogP contribution in [0, 0.1) is 0 Å². The van der Waals surface area contributed by atoms with Crippen molar-refractivity contribution in [2.45, 2.75) is 11.7 Å². The van der Waals surface area contributed by atoms with E-state index in [0.717, 1.165) is 0 Å². The molecule has 1 N–H and O–H groups in total. The third-order valence-electron chi connectivity index (χ3n) is 5.60. The summed E-state index contributed by atoms with van der Waals surface area (Å²) in [6.07, 6.45) is 0.0891. The number of amides is 1. The Labute approximate surface area is 183 Å². The number of rotatable bonds is 4. The molecule has 1 atom stereocenters. The Kier molecular flexibility index (Phi) is 5.35. The first-order chi connectivity index (χ1) is 15.1. The molecule has 1 amide bonds. The van der Waals surface area contributed by atoms with Crippen molar-refractivity contribution >= 4 is 38.4 Å². The number of hydrogen-bond acceptors (Lipinski definition) is 7. The van der Waals surface area contributed by atoms with Crippen LogP contribution in [0.5, 0.6) is 5.75 Å². The summed E-state index contributed by atoms with van der Waals surface area (Å²) in [6.45, 7) is -0.0295. The van der Waals surface area contributed by atoms with Gasteiger partial charge in [-0.15, -0.1) is 0 Å². The molecule has 2 aromatic carbocycles. The maximum Gasteiger partial charge on any atom is 0.277 e. The van der Waals surface area contributed by atoms with Gasteiger partial charge in [-0.05, 0) is 42.8 Å². The number of para-hydroxylation sites is 1. The molecule has 1 aliphatic rings. The van der Waals surface area contributed by atoms with E-state index in [0.29, 0.717) is 16.6 Å². The smallest absolute Gasteiger partial charge is 0.277 e. The Bertz CT molecular complexity index is 1410. The van der Waals surface area contributed by atoms with Gasteiger partial charge in [-0.25, -0.2) is 0 Å². The third-order valence-corrected chi connectivity index (χ3v) is 7.24. The van der Waals surface area contributed by atoms with E-state index in [1.807, 2.05) is 0 Å². The third kappa shape index (κ3) is 3.47. The predicted octanol–water partition coefficient (Wildman–Crippen LogP) is 1.82. The number of hydrogen-bond donors (Lipinski definition) is 1. The number of aryl methyl sites for hydroxylation is 1. The number of aromatic nitrogens is 1. The molecule has 0 radical (unpaired) electrons. The Morgan fingerprint density at radius 2 is 1.78 bits per heavy atom. The number of aromatic hydroxyl groups is 1. The van der Waals surface area contributed by atoms with Crippen LogP contribution in [0.4, 0.5) is 5.69 Å². The molecular weight excluding hydrogens is 436 g/mol. The molecule has 1 aliphatic heterocycles. The minimum Gasteiger partial charge on any atom is -0.506 e. The quantitative estimate of drug-likeness (QED) is 0.469. The van der Waals surface area contributed by atoms with Gasteiger partial charge in [-0.2, -0.15) is 8.42 Å². The van der Waals surface area contributed by atoms with E-state index in [9.17, 15) is 27.9 Å². The Morgan fingerprint density at radius 1 is 1.12 bits per heavy atom. The van der Waals surface area contributed by atoms with Crippen molar-refractivity contribution in [3.63, 3.8) is 0 Å². The van der Waals surface area contributed by atoms with E-state index in [1.54, 1.807) is 24.3 Å². The molecule has 1 aromatic heterocycles. The van der Waals surface area contributed by atoms with Gasteiger partial charge in [0.2, 0.25) is 0 Å². The minimum atomic E-state index is -3.92. The maximum atomic E-state index is 13.1. The molecular formula is C22H20N2O7S. The number of ketones is 1. The highest BCUT2D eigenvalue weighted by Crippen LogP contribution is 2.28. The first-order valence-electron chi connectivity index (χ1n) is 9.74. The lowest BCUT2D eigenvalue weighted by molar-refractivity contribution is 0.0981. The molecule has 0 spiro atoms. The lowest BCUT2D eigenvalue weighted by Crippen LogP contribution is -2.34. The van der Waals surface area contributed by atoms with E-state index in [4.69, 9.17) is 0 Å². The summed E-state index contributed by atoms with van der Waals surface area (Å²) in [6, 6.07) is 12.5. The van der Waals surface area contributed by atoms with Crippen LogP contribution in [0.1, 0.15) is 27.1 Å². The van der Waals surface area contributed by atoms with Gasteiger partial charge in [-0.1, -0.05) is 12.1 Å². The molecule has 3 aromatic rings. The molecule has 2 heterocycles. The fourth-order valence-electron chi connectivity index (χ4n) is 3.75. The molecule has 10 heteroatoms. The number of pyridine rings is 1. The highest BCUT2D eigenvalue weighted by Gasteiger charge is 2.39. The molecule has 166 valence electrons. The van der Waals surface area contributed by atoms with E-state index in [2.05, 4.69) is 4.18 Å². The van der Waals surface area contributed by atoms with Crippen LogP contribution >= 0.6 is 0 Å². The predicted molar refractivity (Wildman–Crippen MR) is 118 cm³/mol. The fraction of sp³-hybridized carbons (Fsp3) is 0.227. The van der Waals surface area contributed by atoms with Crippen molar-refractivity contribution in [1.82, 2.24) is 4.57 Å². The van der Waals surface area contributed by atoms with E-state index < -0.39 is 38.4 Å². The summed E-state index contributed by atoms with van der Waals surface area (Å²) in [4.78, 5) is 39.6. The Balaban J connectivity index is 1.66. The van der Waals surface area contributed by atoms with Crippen LogP contribution in [-0.4, -0.2) is 48.7 Å². The molecule has 1 saturated heterocycles. The van der Waals surface area contributed by atoms with Gasteiger partial charge in [0.05, 0.1) is 12.1 Å². The highest BCUT2D eigenvalue weighted by molar-refractivity contribution is 7.88. The van der Waals surface area contributed by atoms with Gasteiger partial charge in [-0.3, -0.25) is 18.6 Å². The molecule has 0 aliphatic carbocycles. The summed E-state index contributed by atoms with van der Waals surface area (Å²) in [5.41, 5.74) is -0.00733. The second kappa shape index (κ2) is 7.88. The maximum absolute atomic E-state index is 13.1. The van der Waals surface area contributed by atoms with Gasteiger partial charge in [0.25, 0.3) is 21.6 Å². The van der Waals surface area contributed by atoms with Gasteiger partial charge in [0, 0.05) is 30.7 Å². The van der Waals surface area contributed by atoms with Gasteiger partial charge in [0.15, 0.2) is 11.0 Å². The first kappa shape index (κ1) is 21.7. The van der Waals surface area contributed by atoms with Crippen LogP contribution in [0.15, 0.2) is 53.3 Å². The Hall–Kier alpha value is -3.50. The molecule has 1 fully saturated rings. The first-order valence-corrected chi connectivity index (χ1v) is 11.2. The average Bonchev–Trinajstić information content (AvgIpc) is 3.15.